The summed E-state index contributed by atoms with van der Waals surface area (Å²) >= 11 is 12.7. The van der Waals surface area contributed by atoms with E-state index in [1.165, 1.54) is 59.5 Å². The minimum atomic E-state index is -4.30. The minimum absolute atomic E-state index is 0.0203. The Bertz CT molecular complexity index is 1470. The SMILES string of the molecule is CC[C@H](C)NC(=O)[C@H](CC)N(Cc1ccc(F)cc1)C(=O)CN(c1cccc(Cl)c1Cl)S(=O)(=O)c1ccc(C)cc1. The van der Waals surface area contributed by atoms with Crippen molar-refractivity contribution in [1.29, 1.82) is 0 Å². The second kappa shape index (κ2) is 14.2. The maximum Gasteiger partial charge on any atom is 0.264 e. The first-order chi connectivity index (χ1) is 19.4. The molecule has 0 aliphatic carbocycles. The van der Waals surface area contributed by atoms with Crippen molar-refractivity contribution in [1.82, 2.24) is 10.2 Å². The smallest absolute Gasteiger partial charge is 0.264 e. The van der Waals surface area contributed by atoms with Crippen LogP contribution in [0, 0.1) is 12.7 Å². The van der Waals surface area contributed by atoms with Crippen LogP contribution in [0.25, 0.3) is 0 Å². The summed E-state index contributed by atoms with van der Waals surface area (Å²) in [5.74, 6) is -1.46. The van der Waals surface area contributed by atoms with Crippen molar-refractivity contribution in [3.8, 4) is 0 Å². The third-order valence-electron chi connectivity index (χ3n) is 6.74. The van der Waals surface area contributed by atoms with Gasteiger partial charge in [0.15, 0.2) is 0 Å². The number of hydrogen-bond donors (Lipinski definition) is 1. The van der Waals surface area contributed by atoms with Crippen LogP contribution in [0.1, 0.15) is 44.7 Å². The van der Waals surface area contributed by atoms with Gasteiger partial charge in [-0.25, -0.2) is 12.8 Å². The van der Waals surface area contributed by atoms with E-state index in [0.717, 1.165) is 9.87 Å². The van der Waals surface area contributed by atoms with E-state index in [1.54, 1.807) is 19.1 Å². The van der Waals surface area contributed by atoms with E-state index in [4.69, 9.17) is 23.2 Å². The molecule has 41 heavy (non-hydrogen) atoms. The lowest BCUT2D eigenvalue weighted by Gasteiger charge is -2.34. The first-order valence-electron chi connectivity index (χ1n) is 13.3. The number of carbonyl (C=O) groups excluding carboxylic acids is 2. The van der Waals surface area contributed by atoms with Crippen LogP contribution >= 0.6 is 23.2 Å². The van der Waals surface area contributed by atoms with Gasteiger partial charge in [-0.1, -0.05) is 72.9 Å². The Labute approximate surface area is 251 Å². The number of benzene rings is 3. The molecule has 0 unspecified atom stereocenters. The van der Waals surface area contributed by atoms with Crippen molar-refractivity contribution < 1.29 is 22.4 Å². The van der Waals surface area contributed by atoms with Crippen molar-refractivity contribution in [3.63, 3.8) is 0 Å². The topological polar surface area (TPSA) is 86.8 Å². The molecule has 0 aliphatic rings. The molecule has 220 valence electrons. The van der Waals surface area contributed by atoms with Gasteiger partial charge in [-0.15, -0.1) is 0 Å². The second-order valence-electron chi connectivity index (χ2n) is 9.79. The Kier molecular flexibility index (Phi) is 11.2. The minimum Gasteiger partial charge on any atom is -0.352 e. The molecule has 0 radical (unpaired) electrons. The first kappa shape index (κ1) is 32.4. The van der Waals surface area contributed by atoms with E-state index in [9.17, 15) is 22.4 Å². The Hall–Kier alpha value is -3.14. The Balaban J connectivity index is 2.10. The van der Waals surface area contributed by atoms with E-state index in [0.29, 0.717) is 12.0 Å². The molecular formula is C30H34Cl2FN3O4S. The van der Waals surface area contributed by atoms with Gasteiger partial charge in [0.25, 0.3) is 10.0 Å². The number of amides is 2. The number of hydrogen-bond acceptors (Lipinski definition) is 4. The molecule has 3 aromatic carbocycles. The number of rotatable bonds is 12. The van der Waals surface area contributed by atoms with Gasteiger partial charge >= 0.3 is 0 Å². The molecule has 2 amide bonds. The molecule has 7 nitrogen and oxygen atoms in total. The Morgan fingerprint density at radius 2 is 1.59 bits per heavy atom. The van der Waals surface area contributed by atoms with Gasteiger partial charge < -0.3 is 10.2 Å². The number of halogens is 3. The summed E-state index contributed by atoms with van der Waals surface area (Å²) in [5.41, 5.74) is 1.45. The van der Waals surface area contributed by atoms with Gasteiger partial charge in [-0.05, 0) is 68.7 Å². The third-order valence-corrected chi connectivity index (χ3v) is 9.32. The quantitative estimate of drug-likeness (QED) is 0.255. The summed E-state index contributed by atoms with van der Waals surface area (Å²) in [4.78, 5) is 28.7. The van der Waals surface area contributed by atoms with Crippen LogP contribution in [0.3, 0.4) is 0 Å². The number of anilines is 1. The Morgan fingerprint density at radius 1 is 0.951 bits per heavy atom. The maximum atomic E-state index is 14.1. The number of sulfonamides is 1. The summed E-state index contributed by atoms with van der Waals surface area (Å²) in [7, 11) is -4.30. The predicted molar refractivity (Wildman–Crippen MR) is 161 cm³/mol. The molecule has 0 aromatic heterocycles. The van der Waals surface area contributed by atoms with Crippen LogP contribution in [-0.4, -0.2) is 43.8 Å². The first-order valence-corrected chi connectivity index (χ1v) is 15.5. The highest BCUT2D eigenvalue weighted by Gasteiger charge is 2.35. The van der Waals surface area contributed by atoms with Gasteiger partial charge in [0.1, 0.15) is 18.4 Å². The van der Waals surface area contributed by atoms with Crippen LogP contribution in [0.2, 0.25) is 10.0 Å². The zero-order chi connectivity index (χ0) is 30.3. The van der Waals surface area contributed by atoms with E-state index in [2.05, 4.69) is 5.32 Å². The fraction of sp³-hybridized carbons (Fsp3) is 0.333. The van der Waals surface area contributed by atoms with Gasteiger partial charge in [-0.3, -0.25) is 13.9 Å². The number of aryl methyl sites for hydroxylation is 1. The monoisotopic (exact) mass is 621 g/mol. The normalized spacial score (nSPS) is 12.9. The van der Waals surface area contributed by atoms with Crippen LogP contribution in [0.4, 0.5) is 10.1 Å². The highest BCUT2D eigenvalue weighted by Crippen LogP contribution is 2.35. The van der Waals surface area contributed by atoms with Crippen molar-refractivity contribution in [2.45, 2.75) is 64.1 Å². The molecule has 0 fully saturated rings. The van der Waals surface area contributed by atoms with Crippen LogP contribution in [0.15, 0.2) is 71.6 Å². The van der Waals surface area contributed by atoms with Crippen molar-refractivity contribution in [2.75, 3.05) is 10.8 Å². The standard InChI is InChI=1S/C30H34Cl2FN3O4S/c1-5-21(4)34-30(38)26(6-2)35(18-22-12-14-23(33)15-13-22)28(37)19-36(27-9-7-8-25(31)29(27)32)41(39,40)24-16-10-20(3)11-17-24/h7-17,21,26H,5-6,18-19H2,1-4H3,(H,34,38)/t21-,26-/m0/s1. The number of nitrogens with zero attached hydrogens (tertiary/aromatic N) is 2. The molecule has 11 heteroatoms. The molecule has 3 aromatic rings. The highest BCUT2D eigenvalue weighted by molar-refractivity contribution is 7.92. The molecule has 0 spiro atoms. The molecule has 3 rings (SSSR count). The van der Waals surface area contributed by atoms with E-state index >= 15 is 0 Å². The van der Waals surface area contributed by atoms with Gasteiger partial charge in [0.2, 0.25) is 11.8 Å². The average molecular weight is 623 g/mol. The fourth-order valence-corrected chi connectivity index (χ4v) is 6.06. The van der Waals surface area contributed by atoms with Crippen molar-refractivity contribution in [2.24, 2.45) is 0 Å². The third kappa shape index (κ3) is 7.99. The second-order valence-corrected chi connectivity index (χ2v) is 12.4. The predicted octanol–water partition coefficient (Wildman–Crippen LogP) is 6.36. The summed E-state index contributed by atoms with van der Waals surface area (Å²) in [5, 5.41) is 2.99. The number of nitrogens with one attached hydrogen (secondary N) is 1. The summed E-state index contributed by atoms with van der Waals surface area (Å²) < 4.78 is 42.4. The Morgan fingerprint density at radius 3 is 2.17 bits per heavy atom. The van der Waals surface area contributed by atoms with E-state index in [-0.39, 0.29) is 45.5 Å². The lowest BCUT2D eigenvalue weighted by Crippen LogP contribution is -2.53. The summed E-state index contributed by atoms with van der Waals surface area (Å²) in [6, 6.07) is 15.2. The molecular weight excluding hydrogens is 588 g/mol. The molecule has 0 bridgehead atoms. The maximum absolute atomic E-state index is 14.1. The van der Waals surface area contributed by atoms with Gasteiger partial charge in [-0.2, -0.15) is 0 Å². The van der Waals surface area contributed by atoms with Crippen LogP contribution in [0.5, 0.6) is 0 Å². The zero-order valence-corrected chi connectivity index (χ0v) is 25.7. The van der Waals surface area contributed by atoms with Gasteiger partial charge in [0, 0.05) is 12.6 Å². The largest absolute Gasteiger partial charge is 0.352 e. The summed E-state index contributed by atoms with van der Waals surface area (Å²) in [6.07, 6.45) is 0.946. The van der Waals surface area contributed by atoms with E-state index < -0.39 is 34.3 Å². The molecule has 1 N–H and O–H groups in total. The molecule has 2 atom stereocenters. The highest BCUT2D eigenvalue weighted by atomic mass is 35.5. The summed E-state index contributed by atoms with van der Waals surface area (Å²) in [6.45, 7) is 6.66. The fourth-order valence-electron chi connectivity index (χ4n) is 4.18. The number of carbonyl (C=O) groups is 2. The lowest BCUT2D eigenvalue weighted by molar-refractivity contribution is -0.140. The van der Waals surface area contributed by atoms with E-state index in [1.807, 2.05) is 20.8 Å². The lowest BCUT2D eigenvalue weighted by atomic mass is 10.1. The average Bonchev–Trinajstić information content (AvgIpc) is 2.94. The van der Waals surface area contributed by atoms with Crippen LogP contribution in [-0.2, 0) is 26.2 Å². The molecule has 0 aliphatic heterocycles. The van der Waals surface area contributed by atoms with Gasteiger partial charge in [0.05, 0.1) is 20.6 Å². The van der Waals surface area contributed by atoms with Crippen molar-refractivity contribution >= 4 is 50.7 Å². The molecule has 0 heterocycles. The van der Waals surface area contributed by atoms with Crippen LogP contribution < -0.4 is 9.62 Å². The molecule has 0 saturated carbocycles. The molecule has 0 saturated heterocycles. The van der Waals surface area contributed by atoms with Crippen molar-refractivity contribution in [3.05, 3.63) is 93.7 Å². The zero-order valence-electron chi connectivity index (χ0n) is 23.4.